The Labute approximate surface area is 106 Å². The monoisotopic (exact) mass is 248 g/mol. The van der Waals surface area contributed by atoms with Crippen LogP contribution in [0.15, 0.2) is 48.2 Å². The van der Waals surface area contributed by atoms with E-state index in [0.717, 1.165) is 0 Å². The molecule has 0 saturated carbocycles. The van der Waals surface area contributed by atoms with Crippen molar-refractivity contribution in [3.8, 4) is 0 Å². The smallest absolute Gasteiger partial charge is 0.334 e. The highest BCUT2D eigenvalue weighted by Crippen LogP contribution is 2.18. The Bertz CT molecular complexity index is 409. The predicted molar refractivity (Wildman–Crippen MR) is 67.3 cm³/mol. The van der Waals surface area contributed by atoms with Crippen LogP contribution in [0.2, 0.25) is 0 Å². The average molecular weight is 248 g/mol. The second kappa shape index (κ2) is 5.44. The Morgan fingerprint density at radius 1 is 1.00 bits per heavy atom. The maximum absolute atomic E-state index is 12.4. The Morgan fingerprint density at radius 2 is 1.44 bits per heavy atom. The lowest BCUT2D eigenvalue weighted by molar-refractivity contribution is 0.113. The SMILES string of the molecule is COC1=CC=CCN1C(=O)N1CC=CC=C1OC. The molecule has 18 heavy (non-hydrogen) atoms. The molecule has 0 bridgehead atoms. The van der Waals surface area contributed by atoms with Crippen LogP contribution < -0.4 is 0 Å². The fourth-order valence-electron chi connectivity index (χ4n) is 1.84. The number of nitrogens with zero attached hydrogens (tertiary/aromatic N) is 2. The molecule has 0 atom stereocenters. The van der Waals surface area contributed by atoms with Crippen molar-refractivity contribution in [3.05, 3.63) is 48.2 Å². The zero-order chi connectivity index (χ0) is 13.0. The van der Waals surface area contributed by atoms with Gasteiger partial charge in [-0.25, -0.2) is 4.79 Å². The van der Waals surface area contributed by atoms with E-state index in [4.69, 9.17) is 9.47 Å². The number of urea groups is 1. The molecule has 0 unspecified atom stereocenters. The van der Waals surface area contributed by atoms with E-state index >= 15 is 0 Å². The van der Waals surface area contributed by atoms with Gasteiger partial charge in [0.15, 0.2) is 11.8 Å². The number of methoxy groups -OCH3 is 2. The van der Waals surface area contributed by atoms with Crippen LogP contribution in [0.4, 0.5) is 4.79 Å². The maximum atomic E-state index is 12.4. The minimum atomic E-state index is -0.162. The maximum Gasteiger partial charge on any atom is 0.334 e. The van der Waals surface area contributed by atoms with E-state index in [1.54, 1.807) is 36.2 Å². The average Bonchev–Trinajstić information content (AvgIpc) is 2.46. The van der Waals surface area contributed by atoms with Crippen LogP contribution in [-0.2, 0) is 9.47 Å². The molecule has 2 aliphatic rings. The highest BCUT2D eigenvalue weighted by molar-refractivity contribution is 5.78. The Kier molecular flexibility index (Phi) is 3.72. The van der Waals surface area contributed by atoms with Gasteiger partial charge < -0.3 is 9.47 Å². The summed E-state index contributed by atoms with van der Waals surface area (Å²) in [5.41, 5.74) is 0. The molecule has 0 spiro atoms. The van der Waals surface area contributed by atoms with E-state index in [1.807, 2.05) is 24.3 Å². The molecule has 0 aromatic carbocycles. The highest BCUT2D eigenvalue weighted by Gasteiger charge is 2.27. The summed E-state index contributed by atoms with van der Waals surface area (Å²) in [5.74, 6) is 1.07. The molecule has 0 radical (unpaired) electrons. The molecule has 2 amide bonds. The van der Waals surface area contributed by atoms with Crippen molar-refractivity contribution in [2.45, 2.75) is 0 Å². The van der Waals surface area contributed by atoms with Crippen molar-refractivity contribution in [1.82, 2.24) is 9.80 Å². The largest absolute Gasteiger partial charge is 0.482 e. The topological polar surface area (TPSA) is 42.0 Å². The summed E-state index contributed by atoms with van der Waals surface area (Å²) >= 11 is 0. The first-order valence-corrected chi connectivity index (χ1v) is 5.68. The van der Waals surface area contributed by atoms with Gasteiger partial charge in [0.05, 0.1) is 14.2 Å². The molecule has 0 aromatic rings. The first kappa shape index (κ1) is 12.3. The molecule has 0 aliphatic carbocycles. The van der Waals surface area contributed by atoms with Crippen molar-refractivity contribution < 1.29 is 14.3 Å². The molecule has 2 aliphatic heterocycles. The summed E-state index contributed by atoms with van der Waals surface area (Å²) in [7, 11) is 3.10. The number of amides is 2. The summed E-state index contributed by atoms with van der Waals surface area (Å²) in [4.78, 5) is 15.6. The van der Waals surface area contributed by atoms with Crippen LogP contribution in [0.1, 0.15) is 0 Å². The summed E-state index contributed by atoms with van der Waals surface area (Å²) in [6.07, 6.45) is 11.1. The molecule has 0 N–H and O–H groups in total. The van der Waals surface area contributed by atoms with Crippen LogP contribution >= 0.6 is 0 Å². The number of carbonyl (C=O) groups is 1. The second-order valence-corrected chi connectivity index (χ2v) is 3.78. The first-order valence-electron chi connectivity index (χ1n) is 5.68. The molecule has 2 rings (SSSR count). The van der Waals surface area contributed by atoms with Gasteiger partial charge in [-0.15, -0.1) is 0 Å². The van der Waals surface area contributed by atoms with Gasteiger partial charge in [0, 0.05) is 13.1 Å². The van der Waals surface area contributed by atoms with Crippen LogP contribution in [0.5, 0.6) is 0 Å². The number of carbonyl (C=O) groups excluding carboxylic acids is 1. The molecule has 0 aromatic heterocycles. The third-order valence-electron chi connectivity index (χ3n) is 2.74. The summed E-state index contributed by atoms with van der Waals surface area (Å²) in [6.45, 7) is 0.991. The quantitative estimate of drug-likeness (QED) is 0.748. The minimum absolute atomic E-state index is 0.162. The van der Waals surface area contributed by atoms with Gasteiger partial charge >= 0.3 is 6.03 Å². The number of hydrogen-bond donors (Lipinski definition) is 0. The molecule has 5 nitrogen and oxygen atoms in total. The molecule has 0 saturated heterocycles. The number of hydrogen-bond acceptors (Lipinski definition) is 3. The van der Waals surface area contributed by atoms with Crippen molar-refractivity contribution >= 4 is 6.03 Å². The standard InChI is InChI=1S/C13H16N2O3/c1-17-11-7-3-5-9-14(11)13(16)15-10-6-4-8-12(15)18-2/h3-8H,9-10H2,1-2H3. The predicted octanol–water partition coefficient (Wildman–Crippen LogP) is 1.83. The summed E-state index contributed by atoms with van der Waals surface area (Å²) in [6, 6.07) is -0.162. The molecule has 96 valence electrons. The minimum Gasteiger partial charge on any atom is -0.482 e. The molecular formula is C13H16N2O3. The molecule has 5 heteroatoms. The van der Waals surface area contributed by atoms with Crippen LogP contribution in [0.3, 0.4) is 0 Å². The van der Waals surface area contributed by atoms with Crippen LogP contribution in [-0.4, -0.2) is 43.1 Å². The van der Waals surface area contributed by atoms with E-state index in [2.05, 4.69) is 0 Å². The van der Waals surface area contributed by atoms with E-state index in [-0.39, 0.29) is 6.03 Å². The van der Waals surface area contributed by atoms with Gasteiger partial charge in [0.2, 0.25) is 0 Å². The second-order valence-electron chi connectivity index (χ2n) is 3.78. The fraction of sp³-hybridized carbons (Fsp3) is 0.308. The third-order valence-corrected chi connectivity index (χ3v) is 2.74. The van der Waals surface area contributed by atoms with E-state index in [1.165, 1.54) is 0 Å². The normalized spacial score (nSPS) is 18.3. The van der Waals surface area contributed by atoms with Crippen LogP contribution in [0, 0.1) is 0 Å². The van der Waals surface area contributed by atoms with Crippen molar-refractivity contribution in [2.75, 3.05) is 27.3 Å². The summed E-state index contributed by atoms with van der Waals surface area (Å²) in [5, 5.41) is 0. The summed E-state index contributed by atoms with van der Waals surface area (Å²) < 4.78 is 10.4. The van der Waals surface area contributed by atoms with Crippen molar-refractivity contribution in [3.63, 3.8) is 0 Å². The van der Waals surface area contributed by atoms with Crippen LogP contribution in [0.25, 0.3) is 0 Å². The number of allylic oxidation sites excluding steroid dienone is 4. The van der Waals surface area contributed by atoms with Crippen molar-refractivity contribution in [1.29, 1.82) is 0 Å². The lowest BCUT2D eigenvalue weighted by atomic mass is 10.3. The number of ether oxygens (including phenoxy) is 2. The van der Waals surface area contributed by atoms with Gasteiger partial charge in [-0.3, -0.25) is 9.80 Å². The first-order chi connectivity index (χ1) is 8.77. The molecule has 0 fully saturated rings. The van der Waals surface area contributed by atoms with Crippen molar-refractivity contribution in [2.24, 2.45) is 0 Å². The Balaban J connectivity index is 2.17. The zero-order valence-corrected chi connectivity index (χ0v) is 10.5. The molecular weight excluding hydrogens is 232 g/mol. The fourth-order valence-corrected chi connectivity index (χ4v) is 1.84. The number of rotatable bonds is 2. The van der Waals surface area contributed by atoms with E-state index in [0.29, 0.717) is 24.9 Å². The van der Waals surface area contributed by atoms with E-state index < -0.39 is 0 Å². The van der Waals surface area contributed by atoms with Gasteiger partial charge in [-0.2, -0.15) is 0 Å². The molecule has 2 heterocycles. The van der Waals surface area contributed by atoms with Gasteiger partial charge in [-0.05, 0) is 12.2 Å². The lowest BCUT2D eigenvalue weighted by Gasteiger charge is -2.32. The highest BCUT2D eigenvalue weighted by atomic mass is 16.5. The Morgan fingerprint density at radius 3 is 1.83 bits per heavy atom. The van der Waals surface area contributed by atoms with E-state index in [9.17, 15) is 4.79 Å². The van der Waals surface area contributed by atoms with Gasteiger partial charge in [0.1, 0.15) is 0 Å². The third kappa shape index (κ3) is 2.25. The van der Waals surface area contributed by atoms with Gasteiger partial charge in [0.25, 0.3) is 0 Å². The zero-order valence-electron chi connectivity index (χ0n) is 10.5. The Hall–Kier alpha value is -2.17. The lowest BCUT2D eigenvalue weighted by Crippen LogP contribution is -2.44. The van der Waals surface area contributed by atoms with Gasteiger partial charge in [-0.1, -0.05) is 24.3 Å².